The van der Waals surface area contributed by atoms with Crippen LogP contribution in [-0.4, -0.2) is 83.0 Å². The van der Waals surface area contributed by atoms with Crippen LogP contribution >= 0.6 is 0 Å². The molecule has 0 bridgehead atoms. The fourth-order valence-electron chi connectivity index (χ4n) is 3.39. The lowest BCUT2D eigenvalue weighted by Gasteiger charge is -2.30. The molecule has 2 rings (SSSR count). The molecule has 12 nitrogen and oxygen atoms in total. The van der Waals surface area contributed by atoms with Crippen molar-refractivity contribution in [2.45, 2.75) is 77.4 Å². The van der Waals surface area contributed by atoms with Crippen molar-refractivity contribution in [3.05, 3.63) is 12.2 Å². The topological polar surface area (TPSA) is 149 Å². The van der Waals surface area contributed by atoms with Crippen LogP contribution in [0.1, 0.15) is 66.2 Å². The summed E-state index contributed by atoms with van der Waals surface area (Å²) in [6.45, 7) is 8.35. The van der Waals surface area contributed by atoms with Crippen LogP contribution in [0.15, 0.2) is 12.2 Å². The van der Waals surface area contributed by atoms with Gasteiger partial charge in [-0.25, -0.2) is 4.79 Å². The van der Waals surface area contributed by atoms with E-state index in [0.29, 0.717) is 31.1 Å². The minimum Gasteiger partial charge on any atom is -0.375 e. The molecule has 2 aliphatic heterocycles. The predicted molar refractivity (Wildman–Crippen MR) is 125 cm³/mol. The van der Waals surface area contributed by atoms with Crippen LogP contribution < -0.4 is 5.32 Å². The summed E-state index contributed by atoms with van der Waals surface area (Å²) in [7, 11) is 0. The van der Waals surface area contributed by atoms with Gasteiger partial charge in [-0.2, -0.15) is 0 Å². The van der Waals surface area contributed by atoms with E-state index in [1.165, 1.54) is 12.2 Å². The maximum atomic E-state index is 12.0. The number of hydrogen-bond donors (Lipinski definition) is 1. The minimum atomic E-state index is -0.718. The van der Waals surface area contributed by atoms with Gasteiger partial charge < -0.3 is 19.6 Å². The number of nitrogens with zero attached hydrogens (tertiary/aromatic N) is 2. The van der Waals surface area contributed by atoms with E-state index in [1.807, 2.05) is 27.7 Å². The highest BCUT2D eigenvalue weighted by atomic mass is 16.7. The van der Waals surface area contributed by atoms with Gasteiger partial charge in [-0.05, 0) is 40.5 Å². The Labute approximate surface area is 210 Å². The molecule has 0 aromatic rings. The van der Waals surface area contributed by atoms with Crippen molar-refractivity contribution in [2.75, 3.05) is 26.3 Å². The van der Waals surface area contributed by atoms with Crippen molar-refractivity contribution >= 4 is 35.5 Å². The van der Waals surface area contributed by atoms with E-state index in [1.54, 1.807) is 0 Å². The standard InChI is InChI=1S/C24H35N3O9/c1-23(2,11-13-25-17(28)9-14-26-18(29)5-6-19(26)30)35-16-12-24(3,4)34-15-10-22(33)36-27-20(31)7-8-21(27)32/h5-6H,7-16H2,1-4H3,(H,25,28). The Hall–Kier alpha value is -3.12. The molecule has 200 valence electrons. The highest BCUT2D eigenvalue weighted by Crippen LogP contribution is 2.20. The van der Waals surface area contributed by atoms with Gasteiger partial charge in [0.2, 0.25) is 5.91 Å². The van der Waals surface area contributed by atoms with Crippen LogP contribution in [0.2, 0.25) is 0 Å². The number of carbonyl (C=O) groups is 6. The van der Waals surface area contributed by atoms with Crippen LogP contribution in [-0.2, 0) is 43.1 Å². The third-order valence-electron chi connectivity index (χ3n) is 5.71. The largest absolute Gasteiger partial charge is 0.375 e. The molecule has 2 heterocycles. The molecule has 0 radical (unpaired) electrons. The molecule has 0 unspecified atom stereocenters. The number of ether oxygens (including phenoxy) is 2. The van der Waals surface area contributed by atoms with Crippen molar-refractivity contribution in [1.82, 2.24) is 15.3 Å². The fraction of sp³-hybridized carbons (Fsp3) is 0.667. The van der Waals surface area contributed by atoms with E-state index in [0.717, 1.165) is 4.90 Å². The average molecular weight is 510 g/mol. The van der Waals surface area contributed by atoms with Gasteiger partial charge >= 0.3 is 5.97 Å². The number of imide groups is 2. The highest BCUT2D eigenvalue weighted by molar-refractivity contribution is 6.13. The Morgan fingerprint density at radius 1 is 0.861 bits per heavy atom. The first-order valence-corrected chi connectivity index (χ1v) is 11.9. The van der Waals surface area contributed by atoms with Gasteiger partial charge in [0, 0.05) is 44.5 Å². The Kier molecular flexibility index (Phi) is 10.3. The Morgan fingerprint density at radius 3 is 2.03 bits per heavy atom. The maximum Gasteiger partial charge on any atom is 0.335 e. The summed E-state index contributed by atoms with van der Waals surface area (Å²) in [6, 6.07) is 0. The zero-order chi connectivity index (χ0) is 26.9. The normalized spacial score (nSPS) is 16.3. The fourth-order valence-corrected chi connectivity index (χ4v) is 3.39. The lowest BCUT2D eigenvalue weighted by atomic mass is 10.0. The molecule has 0 aromatic carbocycles. The predicted octanol–water partition coefficient (Wildman–Crippen LogP) is 0.786. The molecule has 0 saturated carbocycles. The van der Waals surface area contributed by atoms with Gasteiger partial charge in [0.15, 0.2) is 0 Å². The van der Waals surface area contributed by atoms with Gasteiger partial charge in [-0.3, -0.25) is 28.9 Å². The van der Waals surface area contributed by atoms with E-state index >= 15 is 0 Å². The van der Waals surface area contributed by atoms with Crippen molar-refractivity contribution < 1.29 is 43.1 Å². The lowest BCUT2D eigenvalue weighted by Crippen LogP contribution is -2.37. The molecular formula is C24H35N3O9. The summed E-state index contributed by atoms with van der Waals surface area (Å²) in [4.78, 5) is 75.7. The second-order valence-electron chi connectivity index (χ2n) is 9.77. The number of rotatable bonds is 15. The molecule has 1 N–H and O–H groups in total. The van der Waals surface area contributed by atoms with E-state index in [9.17, 15) is 28.8 Å². The molecule has 0 atom stereocenters. The SMILES string of the molecule is CC(C)(CCNC(=O)CCN1C(=O)C=CC1=O)OCCC(C)(C)OCCC(=O)ON1C(=O)CCC1=O. The summed E-state index contributed by atoms with van der Waals surface area (Å²) >= 11 is 0. The lowest BCUT2D eigenvalue weighted by molar-refractivity contribution is -0.198. The Bertz CT molecular complexity index is 877. The van der Waals surface area contributed by atoms with Crippen molar-refractivity contribution in [1.29, 1.82) is 0 Å². The van der Waals surface area contributed by atoms with E-state index < -0.39 is 40.8 Å². The third-order valence-corrected chi connectivity index (χ3v) is 5.71. The molecule has 1 fully saturated rings. The van der Waals surface area contributed by atoms with Crippen molar-refractivity contribution in [3.63, 3.8) is 0 Å². The molecule has 0 aromatic heterocycles. The van der Waals surface area contributed by atoms with Crippen molar-refractivity contribution in [3.8, 4) is 0 Å². The maximum absolute atomic E-state index is 12.0. The minimum absolute atomic E-state index is 0.0319. The number of nitrogens with one attached hydrogen (secondary N) is 1. The summed E-state index contributed by atoms with van der Waals surface area (Å²) in [5.74, 6) is -2.86. The second kappa shape index (κ2) is 12.7. The number of hydroxylamine groups is 2. The zero-order valence-electron chi connectivity index (χ0n) is 21.3. The first-order chi connectivity index (χ1) is 16.8. The van der Waals surface area contributed by atoms with Gasteiger partial charge in [-0.1, -0.05) is 0 Å². The number of amides is 5. The highest BCUT2D eigenvalue weighted by Gasteiger charge is 2.33. The summed E-state index contributed by atoms with van der Waals surface area (Å²) in [6.07, 6.45) is 3.45. The molecule has 0 aliphatic carbocycles. The van der Waals surface area contributed by atoms with E-state index in [4.69, 9.17) is 14.3 Å². The zero-order valence-corrected chi connectivity index (χ0v) is 21.3. The number of carbonyl (C=O) groups excluding carboxylic acids is 6. The molecule has 1 saturated heterocycles. The van der Waals surface area contributed by atoms with Gasteiger partial charge in [-0.15, -0.1) is 5.06 Å². The van der Waals surface area contributed by atoms with Gasteiger partial charge in [0.1, 0.15) is 0 Å². The van der Waals surface area contributed by atoms with Crippen LogP contribution in [0.5, 0.6) is 0 Å². The van der Waals surface area contributed by atoms with Crippen LogP contribution in [0.3, 0.4) is 0 Å². The molecule has 12 heteroatoms. The second-order valence-corrected chi connectivity index (χ2v) is 9.77. The first kappa shape index (κ1) is 29.1. The smallest absolute Gasteiger partial charge is 0.335 e. The first-order valence-electron chi connectivity index (χ1n) is 11.9. The van der Waals surface area contributed by atoms with Crippen LogP contribution in [0.4, 0.5) is 0 Å². The summed E-state index contributed by atoms with van der Waals surface area (Å²) < 4.78 is 11.7. The van der Waals surface area contributed by atoms with Gasteiger partial charge in [0.05, 0.1) is 30.8 Å². The Morgan fingerprint density at radius 2 is 1.42 bits per heavy atom. The summed E-state index contributed by atoms with van der Waals surface area (Å²) in [5.41, 5.74) is -1.12. The monoisotopic (exact) mass is 509 g/mol. The number of hydrogen-bond acceptors (Lipinski definition) is 9. The van der Waals surface area contributed by atoms with E-state index in [2.05, 4.69) is 5.32 Å². The average Bonchev–Trinajstić information content (AvgIpc) is 3.26. The van der Waals surface area contributed by atoms with Crippen LogP contribution in [0, 0.1) is 0 Å². The van der Waals surface area contributed by atoms with Crippen molar-refractivity contribution in [2.24, 2.45) is 0 Å². The summed E-state index contributed by atoms with van der Waals surface area (Å²) in [5, 5.41) is 3.28. The van der Waals surface area contributed by atoms with E-state index in [-0.39, 0.29) is 44.7 Å². The Balaban J connectivity index is 1.58. The molecule has 36 heavy (non-hydrogen) atoms. The van der Waals surface area contributed by atoms with Crippen LogP contribution in [0.25, 0.3) is 0 Å². The van der Waals surface area contributed by atoms with Gasteiger partial charge in [0.25, 0.3) is 23.6 Å². The third kappa shape index (κ3) is 9.50. The quantitative estimate of drug-likeness (QED) is 0.316. The molecule has 2 aliphatic rings. The molecule has 5 amide bonds. The molecule has 0 spiro atoms. The molecular weight excluding hydrogens is 474 g/mol.